The van der Waals surface area contributed by atoms with Crippen molar-refractivity contribution < 1.29 is 13.5 Å². The van der Waals surface area contributed by atoms with Crippen molar-refractivity contribution in [1.29, 1.82) is 0 Å². The van der Waals surface area contributed by atoms with Crippen LogP contribution in [0.1, 0.15) is 25.3 Å². The molecule has 2 rings (SSSR count). The van der Waals surface area contributed by atoms with Crippen molar-refractivity contribution in [3.8, 4) is 0 Å². The second-order valence-electron chi connectivity index (χ2n) is 5.36. The number of aliphatic hydroxyl groups is 1. The second-order valence-corrected chi connectivity index (χ2v) is 7.70. The summed E-state index contributed by atoms with van der Waals surface area (Å²) < 4.78 is 26.4. The van der Waals surface area contributed by atoms with Gasteiger partial charge in [0.15, 0.2) is 0 Å². The highest BCUT2D eigenvalue weighted by Gasteiger charge is 2.34. The van der Waals surface area contributed by atoms with E-state index in [0.29, 0.717) is 36.5 Å². The van der Waals surface area contributed by atoms with Gasteiger partial charge in [0.1, 0.15) is 0 Å². The zero-order valence-corrected chi connectivity index (χ0v) is 12.9. The standard InChI is InChI=1S/C13H19ClN2O3S/c1-13(17)4-6-16(7-5-13)20(18,19)11-3-2-10(9-15)12(14)8-11/h2-3,8,17H,4-7,9,15H2,1H3. The molecule has 112 valence electrons. The number of piperidine rings is 1. The summed E-state index contributed by atoms with van der Waals surface area (Å²) in [5, 5.41) is 10.2. The maximum Gasteiger partial charge on any atom is 0.243 e. The highest BCUT2D eigenvalue weighted by Crippen LogP contribution is 2.28. The van der Waals surface area contributed by atoms with Gasteiger partial charge in [0, 0.05) is 24.7 Å². The first-order valence-corrected chi connectivity index (χ1v) is 8.29. The lowest BCUT2D eigenvalue weighted by Gasteiger charge is -2.35. The van der Waals surface area contributed by atoms with Crippen LogP contribution in [-0.2, 0) is 16.6 Å². The lowest BCUT2D eigenvalue weighted by atomic mass is 9.95. The first-order chi connectivity index (χ1) is 9.26. The van der Waals surface area contributed by atoms with E-state index in [1.165, 1.54) is 16.4 Å². The predicted octanol–water partition coefficient (Wildman–Crippen LogP) is 1.33. The minimum Gasteiger partial charge on any atom is -0.390 e. The van der Waals surface area contributed by atoms with Gasteiger partial charge in [-0.25, -0.2) is 8.42 Å². The lowest BCUT2D eigenvalue weighted by molar-refractivity contribution is 0.0126. The van der Waals surface area contributed by atoms with Gasteiger partial charge >= 0.3 is 0 Å². The molecule has 1 heterocycles. The van der Waals surface area contributed by atoms with E-state index in [-0.39, 0.29) is 11.4 Å². The van der Waals surface area contributed by atoms with Crippen molar-refractivity contribution in [2.24, 2.45) is 5.73 Å². The molecular weight excluding hydrogens is 300 g/mol. The molecule has 20 heavy (non-hydrogen) atoms. The number of benzene rings is 1. The first-order valence-electron chi connectivity index (χ1n) is 6.47. The molecule has 7 heteroatoms. The van der Waals surface area contributed by atoms with E-state index in [1.54, 1.807) is 13.0 Å². The van der Waals surface area contributed by atoms with E-state index in [4.69, 9.17) is 17.3 Å². The Morgan fingerprint density at radius 2 is 2.00 bits per heavy atom. The van der Waals surface area contributed by atoms with Crippen LogP contribution in [0.5, 0.6) is 0 Å². The molecule has 0 atom stereocenters. The van der Waals surface area contributed by atoms with Crippen LogP contribution in [-0.4, -0.2) is 36.5 Å². The fraction of sp³-hybridized carbons (Fsp3) is 0.538. The molecule has 0 aromatic heterocycles. The molecule has 0 spiro atoms. The van der Waals surface area contributed by atoms with E-state index >= 15 is 0 Å². The maximum absolute atomic E-state index is 12.5. The van der Waals surface area contributed by atoms with Crippen molar-refractivity contribution in [3.63, 3.8) is 0 Å². The highest BCUT2D eigenvalue weighted by molar-refractivity contribution is 7.89. The zero-order valence-electron chi connectivity index (χ0n) is 11.3. The molecule has 1 aliphatic rings. The normalized spacial score (nSPS) is 20.0. The molecule has 5 nitrogen and oxygen atoms in total. The van der Waals surface area contributed by atoms with E-state index in [2.05, 4.69) is 0 Å². The van der Waals surface area contributed by atoms with Gasteiger partial charge in [-0.2, -0.15) is 4.31 Å². The van der Waals surface area contributed by atoms with Crippen LogP contribution in [0.3, 0.4) is 0 Å². The van der Waals surface area contributed by atoms with Gasteiger partial charge in [0.2, 0.25) is 10.0 Å². The topological polar surface area (TPSA) is 83.6 Å². The predicted molar refractivity (Wildman–Crippen MR) is 78.0 cm³/mol. The van der Waals surface area contributed by atoms with Gasteiger partial charge in [0.25, 0.3) is 0 Å². The quantitative estimate of drug-likeness (QED) is 0.880. The summed E-state index contributed by atoms with van der Waals surface area (Å²) in [6.07, 6.45) is 0.863. The number of halogens is 1. The van der Waals surface area contributed by atoms with E-state index in [1.807, 2.05) is 0 Å². The van der Waals surface area contributed by atoms with E-state index in [0.717, 1.165) is 0 Å². The third-order valence-corrected chi connectivity index (χ3v) is 5.93. The van der Waals surface area contributed by atoms with Gasteiger partial charge in [-0.1, -0.05) is 17.7 Å². The van der Waals surface area contributed by atoms with Gasteiger partial charge in [-0.3, -0.25) is 0 Å². The Labute approximate surface area is 124 Å². The number of sulfonamides is 1. The summed E-state index contributed by atoms with van der Waals surface area (Å²) in [4.78, 5) is 0.168. The Balaban J connectivity index is 2.25. The summed E-state index contributed by atoms with van der Waals surface area (Å²) in [6, 6.07) is 4.59. The van der Waals surface area contributed by atoms with Gasteiger partial charge in [-0.15, -0.1) is 0 Å². The van der Waals surface area contributed by atoms with Crippen LogP contribution in [0.25, 0.3) is 0 Å². The van der Waals surface area contributed by atoms with Crippen molar-refractivity contribution in [1.82, 2.24) is 4.31 Å². The summed E-state index contributed by atoms with van der Waals surface area (Å²) in [6.45, 7) is 2.62. The molecular formula is C13H19ClN2O3S. The summed E-state index contributed by atoms with van der Waals surface area (Å²) in [5.74, 6) is 0. The SMILES string of the molecule is CC1(O)CCN(S(=O)(=O)c2ccc(CN)c(Cl)c2)CC1. The van der Waals surface area contributed by atoms with Crippen molar-refractivity contribution in [2.45, 2.75) is 36.8 Å². The van der Waals surface area contributed by atoms with Crippen LogP contribution in [0.4, 0.5) is 0 Å². The summed E-state index contributed by atoms with van der Waals surface area (Å²) in [7, 11) is -3.56. The second kappa shape index (κ2) is 5.61. The third kappa shape index (κ3) is 3.15. The molecule has 0 amide bonds. The Morgan fingerprint density at radius 3 is 2.50 bits per heavy atom. The number of hydrogen-bond donors (Lipinski definition) is 2. The minimum atomic E-state index is -3.56. The fourth-order valence-electron chi connectivity index (χ4n) is 2.21. The number of hydrogen-bond acceptors (Lipinski definition) is 4. The maximum atomic E-state index is 12.5. The number of nitrogens with two attached hydrogens (primary N) is 1. The van der Waals surface area contributed by atoms with Crippen LogP contribution < -0.4 is 5.73 Å². The summed E-state index contributed by atoms with van der Waals surface area (Å²) >= 11 is 6.02. The van der Waals surface area contributed by atoms with Crippen molar-refractivity contribution in [2.75, 3.05) is 13.1 Å². The van der Waals surface area contributed by atoms with Crippen molar-refractivity contribution >= 4 is 21.6 Å². The smallest absolute Gasteiger partial charge is 0.243 e. The molecule has 1 saturated heterocycles. The molecule has 0 radical (unpaired) electrons. The monoisotopic (exact) mass is 318 g/mol. The van der Waals surface area contributed by atoms with E-state index in [9.17, 15) is 13.5 Å². The molecule has 1 aromatic carbocycles. The van der Waals surface area contributed by atoms with Gasteiger partial charge in [0.05, 0.1) is 10.5 Å². The third-order valence-electron chi connectivity index (χ3n) is 3.68. The number of rotatable bonds is 3. The lowest BCUT2D eigenvalue weighted by Crippen LogP contribution is -2.45. The number of nitrogens with zero attached hydrogens (tertiary/aromatic N) is 1. The molecule has 1 fully saturated rings. The Hall–Kier alpha value is -0.660. The zero-order chi connectivity index (χ0) is 15.0. The molecule has 3 N–H and O–H groups in total. The molecule has 0 bridgehead atoms. The molecule has 0 aliphatic carbocycles. The molecule has 0 saturated carbocycles. The Kier molecular flexibility index (Phi) is 4.41. The molecule has 0 unspecified atom stereocenters. The minimum absolute atomic E-state index is 0.168. The fourth-order valence-corrected chi connectivity index (χ4v) is 4.00. The average molecular weight is 319 g/mol. The van der Waals surface area contributed by atoms with Gasteiger partial charge in [-0.05, 0) is 37.5 Å². The van der Waals surface area contributed by atoms with Crippen LogP contribution in [0.15, 0.2) is 23.1 Å². The van der Waals surface area contributed by atoms with Crippen molar-refractivity contribution in [3.05, 3.63) is 28.8 Å². The largest absolute Gasteiger partial charge is 0.390 e. The van der Waals surface area contributed by atoms with Crippen LogP contribution in [0, 0.1) is 0 Å². The van der Waals surface area contributed by atoms with E-state index < -0.39 is 15.6 Å². The Bertz CT molecular complexity index is 592. The molecule has 1 aliphatic heterocycles. The molecule has 1 aromatic rings. The first kappa shape index (κ1) is 15.7. The average Bonchev–Trinajstić information content (AvgIpc) is 2.38. The van der Waals surface area contributed by atoms with Crippen LogP contribution in [0.2, 0.25) is 5.02 Å². The summed E-state index contributed by atoms with van der Waals surface area (Å²) in [5.41, 5.74) is 5.44. The van der Waals surface area contributed by atoms with Crippen LogP contribution >= 0.6 is 11.6 Å². The Morgan fingerprint density at radius 1 is 1.40 bits per heavy atom. The highest BCUT2D eigenvalue weighted by atomic mass is 35.5. The van der Waals surface area contributed by atoms with Gasteiger partial charge < -0.3 is 10.8 Å².